The third-order valence-electron chi connectivity index (χ3n) is 4.24. The van der Waals surface area contributed by atoms with Gasteiger partial charge in [-0.3, -0.25) is 9.10 Å². The molecule has 152 valence electrons. The number of amides is 1. The van der Waals surface area contributed by atoms with Gasteiger partial charge in [0.15, 0.2) is 0 Å². The summed E-state index contributed by atoms with van der Waals surface area (Å²) < 4.78 is 26.0. The van der Waals surface area contributed by atoms with E-state index in [0.29, 0.717) is 18.0 Å². The summed E-state index contributed by atoms with van der Waals surface area (Å²) in [6, 6.07) is 12.9. The van der Waals surface area contributed by atoms with Crippen LogP contribution in [-0.4, -0.2) is 38.9 Å². The van der Waals surface area contributed by atoms with Gasteiger partial charge in [-0.1, -0.05) is 23.8 Å². The summed E-state index contributed by atoms with van der Waals surface area (Å²) >= 11 is 1.65. The Balaban J connectivity index is 2.02. The number of carbonyl (C=O) groups is 1. The second kappa shape index (κ2) is 9.47. The molecule has 2 rings (SSSR count). The number of benzene rings is 2. The molecule has 0 aliphatic heterocycles. The maximum atomic E-state index is 12.6. The molecule has 0 aliphatic rings. The van der Waals surface area contributed by atoms with Crippen LogP contribution in [0.4, 0.5) is 5.69 Å². The molecule has 2 aromatic carbocycles. The molecule has 0 bridgehead atoms. The summed E-state index contributed by atoms with van der Waals surface area (Å²) in [7, 11) is -3.61. The van der Waals surface area contributed by atoms with Crippen LogP contribution in [0.5, 0.6) is 0 Å². The average molecular weight is 421 g/mol. The fraction of sp³-hybridized carbons (Fsp3) is 0.381. The van der Waals surface area contributed by atoms with Gasteiger partial charge in [0, 0.05) is 17.2 Å². The Morgan fingerprint density at radius 2 is 1.61 bits per heavy atom. The van der Waals surface area contributed by atoms with E-state index in [-0.39, 0.29) is 5.91 Å². The molecule has 2 aromatic rings. The molecule has 0 saturated carbocycles. The minimum Gasteiger partial charge on any atom is -0.353 e. The summed E-state index contributed by atoms with van der Waals surface area (Å²) in [5.74, 6) is 0.401. The molecule has 0 aliphatic carbocycles. The van der Waals surface area contributed by atoms with Crippen molar-refractivity contribution in [3.63, 3.8) is 0 Å². The standard InChI is InChI=1S/C21H28N2O3S2/c1-15-6-8-20(9-7-15)27-11-10-22-21(24)18(4)23(28(5,25)26)19-13-16(2)12-17(3)14-19/h6-9,12-14,18H,10-11H2,1-5H3,(H,22,24)/t18-/m1/s1. The molecular formula is C21H28N2O3S2. The molecule has 0 saturated heterocycles. The second-order valence-corrected chi connectivity index (χ2v) is 10.1. The molecule has 0 radical (unpaired) electrons. The van der Waals surface area contributed by atoms with Crippen molar-refractivity contribution >= 4 is 33.4 Å². The number of hydrogen-bond acceptors (Lipinski definition) is 4. The zero-order valence-corrected chi connectivity index (χ0v) is 18.7. The molecule has 7 heteroatoms. The van der Waals surface area contributed by atoms with Crippen LogP contribution in [-0.2, 0) is 14.8 Å². The lowest BCUT2D eigenvalue weighted by Crippen LogP contribution is -2.48. The van der Waals surface area contributed by atoms with E-state index in [1.54, 1.807) is 30.8 Å². The first kappa shape index (κ1) is 22.3. The Hall–Kier alpha value is -1.99. The molecule has 0 unspecified atom stereocenters. The third-order valence-corrected chi connectivity index (χ3v) is 6.50. The number of carbonyl (C=O) groups excluding carboxylic acids is 1. The lowest BCUT2D eigenvalue weighted by atomic mass is 10.1. The van der Waals surface area contributed by atoms with Gasteiger partial charge in [0.05, 0.1) is 11.9 Å². The Morgan fingerprint density at radius 3 is 2.14 bits per heavy atom. The van der Waals surface area contributed by atoms with Crippen molar-refractivity contribution in [2.45, 2.75) is 38.6 Å². The van der Waals surface area contributed by atoms with Crippen LogP contribution in [0.25, 0.3) is 0 Å². The zero-order chi connectivity index (χ0) is 20.9. The SMILES string of the molecule is Cc1ccc(SCCNC(=O)[C@@H](C)N(c2cc(C)cc(C)c2)S(C)(=O)=O)cc1. The number of nitrogens with one attached hydrogen (secondary N) is 1. The van der Waals surface area contributed by atoms with E-state index in [4.69, 9.17) is 0 Å². The molecule has 1 atom stereocenters. The summed E-state index contributed by atoms with van der Waals surface area (Å²) in [5.41, 5.74) is 3.62. The smallest absolute Gasteiger partial charge is 0.243 e. The van der Waals surface area contributed by atoms with Crippen molar-refractivity contribution in [1.29, 1.82) is 0 Å². The van der Waals surface area contributed by atoms with E-state index in [0.717, 1.165) is 22.3 Å². The van der Waals surface area contributed by atoms with Gasteiger partial charge in [-0.15, -0.1) is 11.8 Å². The van der Waals surface area contributed by atoms with Gasteiger partial charge >= 0.3 is 0 Å². The highest BCUT2D eigenvalue weighted by atomic mass is 32.2. The van der Waals surface area contributed by atoms with Gasteiger partial charge < -0.3 is 5.32 Å². The number of nitrogens with zero attached hydrogens (tertiary/aromatic N) is 1. The van der Waals surface area contributed by atoms with Gasteiger partial charge in [0.1, 0.15) is 6.04 Å². The van der Waals surface area contributed by atoms with E-state index in [1.807, 2.05) is 26.8 Å². The highest BCUT2D eigenvalue weighted by Gasteiger charge is 2.29. The second-order valence-electron chi connectivity index (χ2n) is 7.03. The molecule has 0 spiro atoms. The van der Waals surface area contributed by atoms with Crippen molar-refractivity contribution in [2.75, 3.05) is 22.9 Å². The normalized spacial score (nSPS) is 12.5. The van der Waals surface area contributed by atoms with Crippen molar-refractivity contribution in [1.82, 2.24) is 5.32 Å². The fourth-order valence-corrected chi connectivity index (χ4v) is 4.94. The maximum Gasteiger partial charge on any atom is 0.243 e. The van der Waals surface area contributed by atoms with Crippen LogP contribution in [0, 0.1) is 20.8 Å². The van der Waals surface area contributed by atoms with E-state index in [9.17, 15) is 13.2 Å². The van der Waals surface area contributed by atoms with E-state index >= 15 is 0 Å². The average Bonchev–Trinajstić information content (AvgIpc) is 2.58. The van der Waals surface area contributed by atoms with Crippen LogP contribution in [0.2, 0.25) is 0 Å². The van der Waals surface area contributed by atoms with E-state index < -0.39 is 16.1 Å². The quantitative estimate of drug-likeness (QED) is 0.523. The molecule has 0 aromatic heterocycles. The minimum atomic E-state index is -3.61. The summed E-state index contributed by atoms with van der Waals surface area (Å²) in [6.45, 7) is 7.93. The van der Waals surface area contributed by atoms with Crippen molar-refractivity contribution in [3.8, 4) is 0 Å². The van der Waals surface area contributed by atoms with E-state index in [2.05, 4.69) is 29.6 Å². The molecular weight excluding hydrogens is 392 g/mol. The van der Waals surface area contributed by atoms with Crippen LogP contribution >= 0.6 is 11.8 Å². The molecule has 0 heterocycles. The molecule has 0 fully saturated rings. The highest BCUT2D eigenvalue weighted by Crippen LogP contribution is 2.24. The number of aryl methyl sites for hydroxylation is 3. The lowest BCUT2D eigenvalue weighted by Gasteiger charge is -2.28. The predicted octanol–water partition coefficient (Wildman–Crippen LogP) is 3.67. The fourth-order valence-electron chi connectivity index (χ4n) is 3.01. The molecule has 5 nitrogen and oxygen atoms in total. The third kappa shape index (κ3) is 6.27. The number of hydrogen-bond donors (Lipinski definition) is 1. The molecule has 1 N–H and O–H groups in total. The first-order valence-electron chi connectivity index (χ1n) is 9.13. The summed E-state index contributed by atoms with van der Waals surface area (Å²) in [4.78, 5) is 13.7. The van der Waals surface area contributed by atoms with Crippen molar-refractivity contribution in [3.05, 3.63) is 59.2 Å². The first-order chi connectivity index (χ1) is 13.1. The topological polar surface area (TPSA) is 66.5 Å². The van der Waals surface area contributed by atoms with E-state index in [1.165, 1.54) is 9.87 Å². The largest absolute Gasteiger partial charge is 0.353 e. The summed E-state index contributed by atoms with van der Waals surface area (Å²) in [6.07, 6.45) is 1.13. The van der Waals surface area contributed by atoms with Gasteiger partial charge in [-0.2, -0.15) is 0 Å². The Morgan fingerprint density at radius 1 is 1.04 bits per heavy atom. The molecule has 1 amide bonds. The van der Waals surface area contributed by atoms with Crippen LogP contribution in [0.15, 0.2) is 47.4 Å². The predicted molar refractivity (Wildman–Crippen MR) is 118 cm³/mol. The number of rotatable bonds is 8. The first-order valence-corrected chi connectivity index (χ1v) is 12.0. The van der Waals surface area contributed by atoms with Gasteiger partial charge in [0.2, 0.25) is 15.9 Å². The molecule has 28 heavy (non-hydrogen) atoms. The summed E-state index contributed by atoms with van der Waals surface area (Å²) in [5, 5.41) is 2.85. The Labute approximate surface area is 172 Å². The van der Waals surface area contributed by atoms with Crippen molar-refractivity contribution < 1.29 is 13.2 Å². The number of sulfonamides is 1. The van der Waals surface area contributed by atoms with Crippen LogP contribution in [0.1, 0.15) is 23.6 Å². The Bertz CT molecular complexity index is 905. The minimum absolute atomic E-state index is 0.311. The number of anilines is 1. The highest BCUT2D eigenvalue weighted by molar-refractivity contribution is 7.99. The monoisotopic (exact) mass is 420 g/mol. The zero-order valence-electron chi connectivity index (χ0n) is 17.0. The van der Waals surface area contributed by atoms with Crippen LogP contribution in [0.3, 0.4) is 0 Å². The van der Waals surface area contributed by atoms with Gasteiger partial charge in [0.25, 0.3) is 0 Å². The lowest BCUT2D eigenvalue weighted by molar-refractivity contribution is -0.121. The van der Waals surface area contributed by atoms with Crippen LogP contribution < -0.4 is 9.62 Å². The van der Waals surface area contributed by atoms with Gasteiger partial charge in [-0.05, 0) is 63.1 Å². The van der Waals surface area contributed by atoms with Gasteiger partial charge in [-0.25, -0.2) is 8.42 Å². The Kier molecular flexibility index (Phi) is 7.55. The van der Waals surface area contributed by atoms with Crippen molar-refractivity contribution in [2.24, 2.45) is 0 Å². The maximum absolute atomic E-state index is 12.6. The number of thioether (sulfide) groups is 1.